The number of rotatable bonds is 2. The fourth-order valence-corrected chi connectivity index (χ4v) is 2.68. The van der Waals surface area contributed by atoms with Crippen LogP contribution in [-0.4, -0.2) is 24.1 Å². The van der Waals surface area contributed by atoms with Gasteiger partial charge in [-0.25, -0.2) is 4.98 Å². The number of nitrogens with one attached hydrogen (secondary N) is 1. The standard InChI is InChI=1S/C16H13F3N6/c1-9-7-13(25-15(20-9)22-14(23-25)16(17,18)19)21-11-4-3-10-5-6-24(2)12(10)8-11/h3-8,21H,1-2H3. The van der Waals surface area contributed by atoms with E-state index in [4.69, 9.17) is 0 Å². The molecule has 0 bridgehead atoms. The highest BCUT2D eigenvalue weighted by molar-refractivity contribution is 5.84. The van der Waals surface area contributed by atoms with Crippen molar-refractivity contribution in [2.75, 3.05) is 5.32 Å². The van der Waals surface area contributed by atoms with Crippen LogP contribution < -0.4 is 5.32 Å². The summed E-state index contributed by atoms with van der Waals surface area (Å²) in [6.45, 7) is 1.69. The summed E-state index contributed by atoms with van der Waals surface area (Å²) >= 11 is 0. The first-order chi connectivity index (χ1) is 11.8. The van der Waals surface area contributed by atoms with Crippen LogP contribution in [0.2, 0.25) is 0 Å². The number of aromatic nitrogens is 5. The summed E-state index contributed by atoms with van der Waals surface area (Å²) in [5, 5.41) is 7.72. The number of aryl methyl sites for hydroxylation is 2. The molecule has 25 heavy (non-hydrogen) atoms. The third-order valence-corrected chi connectivity index (χ3v) is 3.85. The Balaban J connectivity index is 1.81. The molecule has 3 heterocycles. The third-order valence-electron chi connectivity index (χ3n) is 3.85. The largest absolute Gasteiger partial charge is 0.453 e. The van der Waals surface area contributed by atoms with Gasteiger partial charge in [0.1, 0.15) is 5.82 Å². The second-order valence-electron chi connectivity index (χ2n) is 5.75. The molecule has 0 aliphatic rings. The molecule has 9 heteroatoms. The first kappa shape index (κ1) is 15.4. The van der Waals surface area contributed by atoms with E-state index in [0.29, 0.717) is 11.5 Å². The monoisotopic (exact) mass is 346 g/mol. The minimum absolute atomic E-state index is 0.102. The fourth-order valence-electron chi connectivity index (χ4n) is 2.68. The van der Waals surface area contributed by atoms with Crippen LogP contribution in [0.1, 0.15) is 11.5 Å². The number of anilines is 2. The molecule has 0 atom stereocenters. The lowest BCUT2D eigenvalue weighted by Gasteiger charge is -2.09. The summed E-state index contributed by atoms with van der Waals surface area (Å²) < 4.78 is 41.7. The molecular formula is C16H13F3N6. The van der Waals surface area contributed by atoms with Crippen LogP contribution >= 0.6 is 0 Å². The number of hydrogen-bond donors (Lipinski definition) is 1. The van der Waals surface area contributed by atoms with Gasteiger partial charge >= 0.3 is 6.18 Å². The van der Waals surface area contributed by atoms with Crippen molar-refractivity contribution in [1.82, 2.24) is 24.1 Å². The molecule has 1 N–H and O–H groups in total. The van der Waals surface area contributed by atoms with E-state index < -0.39 is 12.0 Å². The minimum Gasteiger partial charge on any atom is -0.350 e. The van der Waals surface area contributed by atoms with Gasteiger partial charge in [0, 0.05) is 36.2 Å². The SMILES string of the molecule is Cc1cc(Nc2ccc3ccn(C)c3c2)n2nc(C(F)(F)F)nc2n1. The Morgan fingerprint density at radius 2 is 1.88 bits per heavy atom. The molecule has 3 aromatic heterocycles. The van der Waals surface area contributed by atoms with Crippen molar-refractivity contribution in [2.24, 2.45) is 7.05 Å². The Kier molecular flexibility index (Phi) is 3.21. The number of hydrogen-bond acceptors (Lipinski definition) is 4. The molecule has 0 spiro atoms. The van der Waals surface area contributed by atoms with Crippen LogP contribution in [0.3, 0.4) is 0 Å². The lowest BCUT2D eigenvalue weighted by atomic mass is 10.2. The van der Waals surface area contributed by atoms with Gasteiger partial charge in [0.2, 0.25) is 0 Å². The van der Waals surface area contributed by atoms with Crippen molar-refractivity contribution in [2.45, 2.75) is 13.1 Å². The zero-order valence-corrected chi connectivity index (χ0v) is 13.3. The number of nitrogens with zero attached hydrogens (tertiary/aromatic N) is 5. The van der Waals surface area contributed by atoms with Crippen molar-refractivity contribution in [1.29, 1.82) is 0 Å². The Morgan fingerprint density at radius 1 is 1.08 bits per heavy atom. The van der Waals surface area contributed by atoms with Crippen molar-refractivity contribution in [3.8, 4) is 0 Å². The van der Waals surface area contributed by atoms with Crippen LogP contribution in [0.25, 0.3) is 16.7 Å². The van der Waals surface area contributed by atoms with Gasteiger partial charge in [0.15, 0.2) is 0 Å². The van der Waals surface area contributed by atoms with E-state index in [1.54, 1.807) is 13.0 Å². The Labute approximate surface area is 139 Å². The summed E-state index contributed by atoms with van der Waals surface area (Å²) in [5.41, 5.74) is 2.27. The lowest BCUT2D eigenvalue weighted by Crippen LogP contribution is -2.08. The van der Waals surface area contributed by atoms with Crippen LogP contribution in [0.15, 0.2) is 36.5 Å². The number of halogens is 3. The van der Waals surface area contributed by atoms with Gasteiger partial charge in [-0.15, -0.1) is 5.10 Å². The third kappa shape index (κ3) is 2.67. The Hall–Kier alpha value is -3.10. The molecule has 0 aliphatic heterocycles. The van der Waals surface area contributed by atoms with E-state index in [1.807, 2.05) is 42.1 Å². The summed E-state index contributed by atoms with van der Waals surface area (Å²) in [6.07, 6.45) is -2.68. The van der Waals surface area contributed by atoms with Gasteiger partial charge in [0.05, 0.1) is 0 Å². The molecule has 0 radical (unpaired) electrons. The molecule has 0 aliphatic carbocycles. The summed E-state index contributed by atoms with van der Waals surface area (Å²) in [5.74, 6) is -0.958. The highest BCUT2D eigenvalue weighted by Crippen LogP contribution is 2.28. The maximum atomic E-state index is 12.9. The molecule has 1 aromatic carbocycles. The van der Waals surface area contributed by atoms with Gasteiger partial charge in [-0.1, -0.05) is 6.07 Å². The topological polar surface area (TPSA) is 60.0 Å². The molecular weight excluding hydrogens is 333 g/mol. The van der Waals surface area contributed by atoms with E-state index in [0.717, 1.165) is 21.1 Å². The highest BCUT2D eigenvalue weighted by Gasteiger charge is 2.36. The van der Waals surface area contributed by atoms with Crippen LogP contribution in [0.5, 0.6) is 0 Å². The van der Waals surface area contributed by atoms with Gasteiger partial charge in [-0.3, -0.25) is 0 Å². The van der Waals surface area contributed by atoms with E-state index in [1.165, 1.54) is 0 Å². The number of benzene rings is 1. The quantitative estimate of drug-likeness (QED) is 0.601. The molecule has 4 aromatic rings. The van der Waals surface area contributed by atoms with Crippen LogP contribution in [0.4, 0.5) is 24.7 Å². The van der Waals surface area contributed by atoms with Crippen LogP contribution in [-0.2, 0) is 13.2 Å². The van der Waals surface area contributed by atoms with Crippen molar-refractivity contribution >= 4 is 28.2 Å². The molecule has 128 valence electrons. The zero-order valence-electron chi connectivity index (χ0n) is 13.3. The first-order valence-electron chi connectivity index (χ1n) is 7.45. The average molecular weight is 346 g/mol. The minimum atomic E-state index is -4.62. The average Bonchev–Trinajstić information content (AvgIpc) is 3.11. The van der Waals surface area contributed by atoms with E-state index >= 15 is 0 Å². The Morgan fingerprint density at radius 3 is 2.64 bits per heavy atom. The molecule has 6 nitrogen and oxygen atoms in total. The summed E-state index contributed by atoms with van der Waals surface area (Å²) in [6, 6.07) is 9.31. The molecule has 0 unspecified atom stereocenters. The second-order valence-corrected chi connectivity index (χ2v) is 5.75. The van der Waals surface area contributed by atoms with Crippen molar-refractivity contribution in [3.63, 3.8) is 0 Å². The van der Waals surface area contributed by atoms with Gasteiger partial charge in [-0.2, -0.15) is 22.7 Å². The second kappa shape index (κ2) is 5.20. The van der Waals surface area contributed by atoms with Gasteiger partial charge < -0.3 is 9.88 Å². The molecule has 4 rings (SSSR count). The molecule has 0 saturated heterocycles. The fraction of sp³-hybridized carbons (Fsp3) is 0.188. The normalized spacial score (nSPS) is 12.2. The van der Waals surface area contributed by atoms with Gasteiger partial charge in [0.25, 0.3) is 11.6 Å². The smallest absolute Gasteiger partial charge is 0.350 e. The van der Waals surface area contributed by atoms with Crippen molar-refractivity contribution in [3.05, 3.63) is 48.0 Å². The highest BCUT2D eigenvalue weighted by atomic mass is 19.4. The predicted molar refractivity (Wildman–Crippen MR) is 86.7 cm³/mol. The summed E-state index contributed by atoms with van der Waals surface area (Å²) in [7, 11) is 1.92. The van der Waals surface area contributed by atoms with E-state index in [9.17, 15) is 13.2 Å². The maximum absolute atomic E-state index is 12.9. The molecule has 0 amide bonds. The van der Waals surface area contributed by atoms with E-state index in [-0.39, 0.29) is 5.78 Å². The molecule has 0 fully saturated rings. The first-order valence-corrected chi connectivity index (χ1v) is 7.45. The van der Waals surface area contributed by atoms with Gasteiger partial charge in [-0.05, 0) is 30.5 Å². The zero-order chi connectivity index (χ0) is 17.8. The summed E-state index contributed by atoms with van der Waals surface area (Å²) in [4.78, 5) is 7.49. The maximum Gasteiger partial charge on any atom is 0.453 e. The van der Waals surface area contributed by atoms with E-state index in [2.05, 4.69) is 20.4 Å². The number of alkyl halides is 3. The Bertz CT molecular complexity index is 1090. The lowest BCUT2D eigenvalue weighted by molar-refractivity contribution is -0.144. The number of fused-ring (bicyclic) bond motifs is 2. The molecule has 0 saturated carbocycles. The predicted octanol–water partition coefficient (Wildman–Crippen LogP) is 3.69. The van der Waals surface area contributed by atoms with Crippen LogP contribution in [0, 0.1) is 6.92 Å². The van der Waals surface area contributed by atoms with Crippen molar-refractivity contribution < 1.29 is 13.2 Å².